The second-order valence-electron chi connectivity index (χ2n) is 6.24. The minimum absolute atomic E-state index is 0.0824. The van der Waals surface area contributed by atoms with E-state index in [-0.39, 0.29) is 18.8 Å². The van der Waals surface area contributed by atoms with Gasteiger partial charge in [0, 0.05) is 18.0 Å². The maximum absolute atomic E-state index is 14.1. The van der Waals surface area contributed by atoms with Crippen LogP contribution in [0, 0.1) is 12.3 Å². The third-order valence-electron chi connectivity index (χ3n) is 4.38. The van der Waals surface area contributed by atoms with Gasteiger partial charge in [-0.1, -0.05) is 76.4 Å². The number of carbonyl (C=O) groups is 1. The van der Waals surface area contributed by atoms with Crippen LogP contribution in [0.15, 0.2) is 54.6 Å². The van der Waals surface area contributed by atoms with Gasteiger partial charge in [-0.3, -0.25) is 0 Å². The highest BCUT2D eigenvalue weighted by Gasteiger charge is 2.64. The minimum atomic E-state index is -5.07. The summed E-state index contributed by atoms with van der Waals surface area (Å²) in [4.78, 5) is 12.9. The molecule has 30 heavy (non-hydrogen) atoms. The Morgan fingerprint density at radius 2 is 1.77 bits per heavy atom. The second-order valence-corrected chi connectivity index (χ2v) is 6.80. The molecule has 0 aliphatic rings. The smallest absolute Gasteiger partial charge is 0.432 e. The van der Waals surface area contributed by atoms with Crippen LogP contribution in [0.4, 0.5) is 13.2 Å². The van der Waals surface area contributed by atoms with Crippen molar-refractivity contribution < 1.29 is 32.2 Å². The number of hydrogen-bond acceptors (Lipinski definition) is 4. The van der Waals surface area contributed by atoms with Gasteiger partial charge in [0.1, 0.15) is 6.61 Å². The van der Waals surface area contributed by atoms with Crippen molar-refractivity contribution >= 4 is 21.9 Å². The molecule has 0 aliphatic heterocycles. The molecule has 0 saturated heterocycles. The summed E-state index contributed by atoms with van der Waals surface area (Å²) in [6.45, 7) is -0.295. The minimum Gasteiger partial charge on any atom is -0.452 e. The molecule has 2 rings (SSSR count). The summed E-state index contributed by atoms with van der Waals surface area (Å²) in [5.41, 5.74) is -2.26. The van der Waals surface area contributed by atoms with Crippen molar-refractivity contribution in [2.24, 2.45) is 0 Å². The van der Waals surface area contributed by atoms with Gasteiger partial charge in [-0.15, -0.1) is 6.42 Å². The fourth-order valence-electron chi connectivity index (χ4n) is 2.84. The Bertz CT molecular complexity index is 863. The lowest BCUT2D eigenvalue weighted by molar-refractivity contribution is -0.279. The first-order chi connectivity index (χ1) is 14.3. The fraction of sp³-hybridized carbons (Fsp3) is 0.318. The number of carbonyl (C=O) groups excluding carboxylic acids is 1. The zero-order valence-electron chi connectivity index (χ0n) is 16.1. The fourth-order valence-corrected chi connectivity index (χ4v) is 3.22. The molecule has 0 aromatic heterocycles. The molecular weight excluding hydrogens is 465 g/mol. The molecule has 8 heteroatoms. The molecule has 0 amide bonds. The monoisotopic (exact) mass is 484 g/mol. The highest BCUT2D eigenvalue weighted by atomic mass is 79.9. The number of terminal acetylenes is 1. The van der Waals surface area contributed by atoms with E-state index in [1.165, 1.54) is 18.2 Å². The zero-order chi connectivity index (χ0) is 22.2. The molecule has 0 bridgehead atoms. The van der Waals surface area contributed by atoms with Crippen molar-refractivity contribution in [3.8, 4) is 12.3 Å². The van der Waals surface area contributed by atoms with Gasteiger partial charge in [0.2, 0.25) is 0 Å². The van der Waals surface area contributed by atoms with E-state index in [0.29, 0.717) is 10.9 Å². The summed E-state index contributed by atoms with van der Waals surface area (Å²) in [5, 5.41) is 0.597. The molecule has 0 heterocycles. The van der Waals surface area contributed by atoms with Crippen LogP contribution in [0.3, 0.4) is 0 Å². The lowest BCUT2D eigenvalue weighted by atomic mass is 9.92. The molecule has 0 unspecified atom stereocenters. The average Bonchev–Trinajstić information content (AvgIpc) is 2.74. The lowest BCUT2D eigenvalue weighted by Gasteiger charge is -2.33. The molecule has 2 atom stereocenters. The van der Waals surface area contributed by atoms with Gasteiger partial charge < -0.3 is 14.2 Å². The Labute approximate surface area is 181 Å². The van der Waals surface area contributed by atoms with Gasteiger partial charge >= 0.3 is 12.1 Å². The van der Waals surface area contributed by atoms with Crippen molar-refractivity contribution in [2.45, 2.75) is 23.2 Å². The Morgan fingerprint density at radius 1 is 1.13 bits per heavy atom. The maximum Gasteiger partial charge on any atom is 0.432 e. The summed E-state index contributed by atoms with van der Waals surface area (Å²) in [6, 6.07) is 13.4. The van der Waals surface area contributed by atoms with Crippen LogP contribution in [0.5, 0.6) is 0 Å². The van der Waals surface area contributed by atoms with Gasteiger partial charge in [0.25, 0.3) is 5.60 Å². The number of hydrogen-bond donors (Lipinski definition) is 0. The number of rotatable bonds is 9. The normalized spacial score (nSPS) is 14.4. The third kappa shape index (κ3) is 5.22. The predicted octanol–water partition coefficient (Wildman–Crippen LogP) is 4.92. The maximum atomic E-state index is 14.1. The molecular formula is C22H20BrF3O4. The van der Waals surface area contributed by atoms with Crippen molar-refractivity contribution in [3.05, 3.63) is 71.3 Å². The van der Waals surface area contributed by atoms with E-state index < -0.39 is 23.9 Å². The van der Waals surface area contributed by atoms with Crippen LogP contribution in [-0.2, 0) is 29.9 Å². The number of benzene rings is 2. The van der Waals surface area contributed by atoms with Crippen LogP contribution < -0.4 is 0 Å². The molecule has 0 saturated carbocycles. The van der Waals surface area contributed by atoms with Crippen LogP contribution >= 0.6 is 15.9 Å². The molecule has 2 aromatic carbocycles. The van der Waals surface area contributed by atoms with E-state index in [9.17, 15) is 18.0 Å². The summed E-state index contributed by atoms with van der Waals surface area (Å²) in [5.74, 6) is 0.669. The Kier molecular flexibility index (Phi) is 8.47. The Balaban J connectivity index is 2.42. The van der Waals surface area contributed by atoms with Crippen LogP contribution in [0.1, 0.15) is 22.8 Å². The summed E-state index contributed by atoms with van der Waals surface area (Å²) in [6.07, 6.45) is -1.02. The van der Waals surface area contributed by atoms with Crippen molar-refractivity contribution in [2.75, 3.05) is 20.3 Å². The molecule has 0 fully saturated rings. The van der Waals surface area contributed by atoms with Gasteiger partial charge in [0.05, 0.1) is 6.61 Å². The lowest BCUT2D eigenvalue weighted by Crippen LogP contribution is -2.52. The molecule has 160 valence electrons. The van der Waals surface area contributed by atoms with E-state index in [1.807, 2.05) is 0 Å². The van der Waals surface area contributed by atoms with Gasteiger partial charge in [-0.2, -0.15) is 13.2 Å². The van der Waals surface area contributed by atoms with E-state index >= 15 is 0 Å². The standard InChI is InChI=1S/C22H20BrF3O4/c1-3-13-29-15-19(17-11-9-16(14-23)10-12-17)30-20(27)21(28-2,22(24,25)26)18-7-5-4-6-8-18/h1,4-12,19H,13-15H2,2H3/t19-,21-/m1/s1. The molecule has 0 radical (unpaired) electrons. The molecule has 0 aliphatic carbocycles. The Hall–Kier alpha value is -2.34. The largest absolute Gasteiger partial charge is 0.452 e. The molecule has 0 spiro atoms. The zero-order valence-corrected chi connectivity index (χ0v) is 17.7. The molecule has 2 aromatic rings. The quantitative estimate of drug-likeness (QED) is 0.219. The van der Waals surface area contributed by atoms with Crippen molar-refractivity contribution in [1.82, 2.24) is 0 Å². The van der Waals surface area contributed by atoms with Crippen molar-refractivity contribution in [1.29, 1.82) is 0 Å². The highest BCUT2D eigenvalue weighted by Crippen LogP contribution is 2.43. The van der Waals surface area contributed by atoms with E-state index in [2.05, 4.69) is 21.9 Å². The number of ether oxygens (including phenoxy) is 3. The van der Waals surface area contributed by atoms with Gasteiger partial charge in [0.15, 0.2) is 6.10 Å². The predicted molar refractivity (Wildman–Crippen MR) is 109 cm³/mol. The van der Waals surface area contributed by atoms with E-state index in [1.54, 1.807) is 24.3 Å². The molecule has 4 nitrogen and oxygen atoms in total. The summed E-state index contributed by atoms with van der Waals surface area (Å²) < 4.78 is 57.6. The number of esters is 1. The first kappa shape index (κ1) is 23.9. The topological polar surface area (TPSA) is 44.8 Å². The highest BCUT2D eigenvalue weighted by molar-refractivity contribution is 9.08. The number of methoxy groups -OCH3 is 1. The van der Waals surface area contributed by atoms with Crippen LogP contribution in [0.2, 0.25) is 0 Å². The van der Waals surface area contributed by atoms with E-state index in [4.69, 9.17) is 20.6 Å². The van der Waals surface area contributed by atoms with Crippen LogP contribution in [0.25, 0.3) is 0 Å². The third-order valence-corrected chi connectivity index (χ3v) is 5.03. The second kappa shape index (κ2) is 10.6. The van der Waals surface area contributed by atoms with Gasteiger partial charge in [-0.05, 0) is 11.1 Å². The summed E-state index contributed by atoms with van der Waals surface area (Å²) in [7, 11) is 0.816. The summed E-state index contributed by atoms with van der Waals surface area (Å²) >= 11 is 3.32. The number of halogens is 4. The van der Waals surface area contributed by atoms with E-state index in [0.717, 1.165) is 24.8 Å². The number of alkyl halides is 4. The first-order valence-corrected chi connectivity index (χ1v) is 9.96. The van der Waals surface area contributed by atoms with Crippen molar-refractivity contribution in [3.63, 3.8) is 0 Å². The average molecular weight is 485 g/mol. The van der Waals surface area contributed by atoms with Gasteiger partial charge in [-0.25, -0.2) is 4.79 Å². The van der Waals surface area contributed by atoms with Crippen LogP contribution in [-0.4, -0.2) is 32.5 Å². The Morgan fingerprint density at radius 3 is 2.27 bits per heavy atom. The molecule has 0 N–H and O–H groups in total. The first-order valence-electron chi connectivity index (χ1n) is 8.84. The SMILES string of the molecule is C#CCOC[C@@H](OC(=O)[C@](OC)(c1ccccc1)C(F)(F)F)c1ccc(CBr)cc1.